The van der Waals surface area contributed by atoms with E-state index in [1.54, 1.807) is 6.07 Å². The van der Waals surface area contributed by atoms with E-state index in [0.717, 1.165) is 25.8 Å². The van der Waals surface area contributed by atoms with Crippen LogP contribution in [0.5, 0.6) is 0 Å². The van der Waals surface area contributed by atoms with Crippen molar-refractivity contribution in [2.45, 2.75) is 25.3 Å². The lowest BCUT2D eigenvalue weighted by Gasteiger charge is -2.24. The van der Waals surface area contributed by atoms with Crippen molar-refractivity contribution in [2.24, 2.45) is 0 Å². The second-order valence-electron chi connectivity index (χ2n) is 5.22. The number of carbonyl (C=O) groups excluding carboxylic acids is 1. The van der Waals surface area contributed by atoms with Crippen LogP contribution in [0.3, 0.4) is 0 Å². The van der Waals surface area contributed by atoms with E-state index in [4.69, 9.17) is 23.2 Å². The van der Waals surface area contributed by atoms with Gasteiger partial charge in [0.15, 0.2) is 0 Å². The molecular formula is C16H15Cl2NOS. The second-order valence-corrected chi connectivity index (χ2v) is 7.51. The zero-order valence-corrected chi connectivity index (χ0v) is 13.7. The highest BCUT2D eigenvalue weighted by molar-refractivity contribution is 7.20. The summed E-state index contributed by atoms with van der Waals surface area (Å²) in [4.78, 5) is 14.6. The van der Waals surface area contributed by atoms with Gasteiger partial charge in [-0.1, -0.05) is 53.5 Å². The number of likely N-dealkylation sites (tertiary alicyclic amines) is 1. The third-order valence-corrected chi connectivity index (χ3v) is 5.33. The minimum atomic E-state index is 0.00146. The average Bonchev–Trinajstić information content (AvgIpc) is 3.06. The Morgan fingerprint density at radius 3 is 2.71 bits per heavy atom. The molecule has 0 bridgehead atoms. The first-order chi connectivity index (χ1) is 10.1. The molecule has 2 aromatic rings. The van der Waals surface area contributed by atoms with E-state index in [0.29, 0.717) is 14.2 Å². The quantitative estimate of drug-likeness (QED) is 0.778. The summed E-state index contributed by atoms with van der Waals surface area (Å²) in [5.41, 5.74) is 1.79. The van der Waals surface area contributed by atoms with Gasteiger partial charge < -0.3 is 4.90 Å². The van der Waals surface area contributed by atoms with Gasteiger partial charge in [-0.2, -0.15) is 0 Å². The van der Waals surface area contributed by atoms with Gasteiger partial charge in [0.2, 0.25) is 0 Å². The average molecular weight is 340 g/mol. The van der Waals surface area contributed by atoms with Crippen molar-refractivity contribution in [3.63, 3.8) is 0 Å². The summed E-state index contributed by atoms with van der Waals surface area (Å²) in [6.07, 6.45) is 2.97. The Balaban J connectivity index is 1.77. The highest BCUT2D eigenvalue weighted by Crippen LogP contribution is 2.33. The lowest BCUT2D eigenvalue weighted by Crippen LogP contribution is -2.36. The summed E-state index contributed by atoms with van der Waals surface area (Å²) in [6.45, 7) is 0.792. The molecule has 21 heavy (non-hydrogen) atoms. The minimum Gasteiger partial charge on any atom is -0.335 e. The van der Waals surface area contributed by atoms with Crippen LogP contribution in [0.4, 0.5) is 0 Å². The van der Waals surface area contributed by atoms with Gasteiger partial charge in [-0.05, 0) is 30.9 Å². The Kier molecular flexibility index (Phi) is 4.53. The first-order valence-corrected chi connectivity index (χ1v) is 8.52. The van der Waals surface area contributed by atoms with Crippen molar-refractivity contribution in [3.05, 3.63) is 56.2 Å². The van der Waals surface area contributed by atoms with Crippen LogP contribution in [-0.2, 0) is 6.42 Å². The molecule has 1 aliphatic heterocycles. The van der Waals surface area contributed by atoms with Crippen LogP contribution in [-0.4, -0.2) is 23.4 Å². The van der Waals surface area contributed by atoms with Gasteiger partial charge in [0.25, 0.3) is 5.91 Å². The summed E-state index contributed by atoms with van der Waals surface area (Å²) in [6, 6.07) is 12.2. The lowest BCUT2D eigenvalue weighted by atomic mass is 10.0. The van der Waals surface area contributed by atoms with Crippen molar-refractivity contribution < 1.29 is 4.79 Å². The summed E-state index contributed by atoms with van der Waals surface area (Å²) in [5.74, 6) is 0.00146. The van der Waals surface area contributed by atoms with Crippen LogP contribution in [0.25, 0.3) is 0 Å². The third kappa shape index (κ3) is 3.25. The normalized spacial score (nSPS) is 18.2. The fraction of sp³-hybridized carbons (Fsp3) is 0.312. The van der Waals surface area contributed by atoms with Crippen LogP contribution in [0.1, 0.15) is 28.8 Å². The Morgan fingerprint density at radius 2 is 2.05 bits per heavy atom. The molecule has 2 nitrogen and oxygen atoms in total. The van der Waals surface area contributed by atoms with Crippen LogP contribution in [0.2, 0.25) is 8.67 Å². The molecule has 0 aliphatic carbocycles. The van der Waals surface area contributed by atoms with Crippen LogP contribution in [0, 0.1) is 0 Å². The molecule has 1 aliphatic rings. The number of hydrogen-bond donors (Lipinski definition) is 0. The van der Waals surface area contributed by atoms with Crippen molar-refractivity contribution in [1.29, 1.82) is 0 Å². The number of thiophene rings is 1. The van der Waals surface area contributed by atoms with Crippen LogP contribution >= 0.6 is 34.5 Å². The topological polar surface area (TPSA) is 20.3 Å². The Bertz CT molecular complexity index is 641. The van der Waals surface area contributed by atoms with Crippen molar-refractivity contribution in [3.8, 4) is 0 Å². The summed E-state index contributed by atoms with van der Waals surface area (Å²) in [5, 5.41) is 0. The predicted molar refractivity (Wildman–Crippen MR) is 88.5 cm³/mol. The fourth-order valence-corrected chi connectivity index (χ4v) is 4.29. The summed E-state index contributed by atoms with van der Waals surface area (Å²) in [7, 11) is 0. The van der Waals surface area contributed by atoms with Gasteiger partial charge in [0, 0.05) is 12.6 Å². The number of hydrogen-bond acceptors (Lipinski definition) is 2. The van der Waals surface area contributed by atoms with Crippen molar-refractivity contribution >= 4 is 40.4 Å². The lowest BCUT2D eigenvalue weighted by molar-refractivity contribution is 0.0737. The molecule has 0 spiro atoms. The number of rotatable bonds is 3. The monoisotopic (exact) mass is 339 g/mol. The summed E-state index contributed by atoms with van der Waals surface area (Å²) < 4.78 is 1.04. The maximum atomic E-state index is 12.7. The highest BCUT2D eigenvalue weighted by Gasteiger charge is 2.31. The van der Waals surface area contributed by atoms with Gasteiger partial charge in [-0.3, -0.25) is 4.79 Å². The maximum absolute atomic E-state index is 12.7. The Hall–Kier alpha value is -1.03. The molecule has 1 aromatic carbocycles. The zero-order chi connectivity index (χ0) is 14.8. The number of amides is 1. The molecule has 0 saturated carbocycles. The number of halogens is 2. The van der Waals surface area contributed by atoms with Gasteiger partial charge in [0.1, 0.15) is 4.34 Å². The molecule has 0 N–H and O–H groups in total. The SMILES string of the molecule is O=C(c1cc(Cl)sc1Cl)N1CCCC1Cc1ccccc1. The molecular weight excluding hydrogens is 325 g/mol. The van der Waals surface area contributed by atoms with Gasteiger partial charge >= 0.3 is 0 Å². The van der Waals surface area contributed by atoms with E-state index < -0.39 is 0 Å². The van der Waals surface area contributed by atoms with Gasteiger partial charge in [-0.25, -0.2) is 0 Å². The number of nitrogens with zero attached hydrogens (tertiary/aromatic N) is 1. The van der Waals surface area contributed by atoms with E-state index in [9.17, 15) is 4.79 Å². The number of benzene rings is 1. The summed E-state index contributed by atoms with van der Waals surface area (Å²) >= 11 is 13.3. The van der Waals surface area contributed by atoms with Crippen molar-refractivity contribution in [1.82, 2.24) is 4.90 Å². The maximum Gasteiger partial charge on any atom is 0.256 e. The minimum absolute atomic E-state index is 0.00146. The largest absolute Gasteiger partial charge is 0.335 e. The molecule has 3 rings (SSSR count). The van der Waals surface area contributed by atoms with E-state index in [2.05, 4.69) is 12.1 Å². The first-order valence-electron chi connectivity index (χ1n) is 6.95. The highest BCUT2D eigenvalue weighted by atomic mass is 35.5. The molecule has 0 radical (unpaired) electrons. The molecule has 110 valence electrons. The molecule has 1 saturated heterocycles. The molecule has 1 amide bonds. The Morgan fingerprint density at radius 1 is 1.29 bits per heavy atom. The smallest absolute Gasteiger partial charge is 0.256 e. The molecule has 1 fully saturated rings. The third-order valence-electron chi connectivity index (χ3n) is 3.84. The van der Waals surface area contributed by atoms with Crippen LogP contribution < -0.4 is 0 Å². The first kappa shape index (κ1) is 14.9. The second kappa shape index (κ2) is 6.39. The molecule has 1 atom stereocenters. The van der Waals surface area contributed by atoms with E-state index in [1.807, 2.05) is 23.1 Å². The van der Waals surface area contributed by atoms with Gasteiger partial charge in [-0.15, -0.1) is 11.3 Å². The van der Waals surface area contributed by atoms with Gasteiger partial charge in [0.05, 0.1) is 9.90 Å². The van der Waals surface area contributed by atoms with E-state index in [-0.39, 0.29) is 11.9 Å². The fourth-order valence-electron chi connectivity index (χ4n) is 2.84. The standard InChI is InChI=1S/C16H15Cl2NOS/c17-14-10-13(15(18)21-14)16(20)19-8-4-7-12(19)9-11-5-2-1-3-6-11/h1-3,5-6,10,12H,4,7-9H2. The molecule has 2 heterocycles. The zero-order valence-electron chi connectivity index (χ0n) is 11.4. The van der Waals surface area contributed by atoms with Crippen LogP contribution in [0.15, 0.2) is 36.4 Å². The predicted octanol–water partition coefficient (Wildman–Crippen LogP) is 4.90. The Labute approximate surface area is 138 Å². The van der Waals surface area contributed by atoms with Crippen molar-refractivity contribution in [2.75, 3.05) is 6.54 Å². The van der Waals surface area contributed by atoms with E-state index >= 15 is 0 Å². The molecule has 1 unspecified atom stereocenters. The number of carbonyl (C=O) groups is 1. The van der Waals surface area contributed by atoms with E-state index in [1.165, 1.54) is 16.9 Å². The molecule has 1 aromatic heterocycles. The molecule has 5 heteroatoms.